The third kappa shape index (κ3) is 6.69. The fourth-order valence-electron chi connectivity index (χ4n) is 2.06. The minimum Gasteiger partial charge on any atom is -0.490 e. The Balaban J connectivity index is 2.13. The molecule has 114 valence electrons. The van der Waals surface area contributed by atoms with Crippen LogP contribution in [-0.4, -0.2) is 6.61 Å². The van der Waals surface area contributed by atoms with Crippen molar-refractivity contribution in [2.45, 2.75) is 58.3 Å². The highest BCUT2D eigenvalue weighted by Crippen LogP contribution is 2.25. The summed E-state index contributed by atoms with van der Waals surface area (Å²) < 4.78 is 32.3. The predicted octanol–water partition coefficient (Wildman–Crippen LogP) is 6.25. The van der Waals surface area contributed by atoms with E-state index in [0.29, 0.717) is 11.1 Å². The Bertz CT molecular complexity index is 396. The minimum absolute atomic E-state index is 0.0141. The maximum absolute atomic E-state index is 13.4. The monoisotopic (exact) mass is 348 g/mol. The molecule has 0 unspecified atom stereocenters. The Morgan fingerprint density at radius 1 is 0.950 bits per heavy atom. The summed E-state index contributed by atoms with van der Waals surface area (Å²) >= 11 is 3.12. The largest absolute Gasteiger partial charge is 0.490 e. The van der Waals surface area contributed by atoms with Crippen molar-refractivity contribution < 1.29 is 13.5 Å². The van der Waals surface area contributed by atoms with Crippen molar-refractivity contribution in [1.82, 2.24) is 0 Å². The highest BCUT2D eigenvalue weighted by molar-refractivity contribution is 9.10. The lowest BCUT2D eigenvalue weighted by atomic mass is 10.1. The molecule has 1 aromatic carbocycles. The normalized spacial score (nSPS) is 10.8. The molecule has 0 bridgehead atoms. The standard InChI is InChI=1S/C16H23BrF2O/c1-2-3-4-5-6-7-8-9-10-20-15-12-13(17)11-14(18)16(15)19/h11-12H,2-10H2,1H3. The van der Waals surface area contributed by atoms with Gasteiger partial charge < -0.3 is 4.74 Å². The molecule has 0 saturated carbocycles. The number of ether oxygens (including phenoxy) is 1. The Morgan fingerprint density at radius 3 is 2.20 bits per heavy atom. The summed E-state index contributed by atoms with van der Waals surface area (Å²) in [5, 5.41) is 0. The van der Waals surface area contributed by atoms with Crippen LogP contribution in [0.3, 0.4) is 0 Å². The molecule has 0 radical (unpaired) electrons. The highest BCUT2D eigenvalue weighted by atomic mass is 79.9. The van der Waals surface area contributed by atoms with Gasteiger partial charge in [-0.15, -0.1) is 0 Å². The Labute approximate surface area is 128 Å². The van der Waals surface area contributed by atoms with Crippen molar-refractivity contribution in [2.24, 2.45) is 0 Å². The quantitative estimate of drug-likeness (QED) is 0.358. The highest BCUT2D eigenvalue weighted by Gasteiger charge is 2.10. The maximum atomic E-state index is 13.4. The number of rotatable bonds is 10. The molecule has 0 heterocycles. The number of halogens is 3. The molecule has 0 amide bonds. The van der Waals surface area contributed by atoms with Crippen LogP contribution in [0.4, 0.5) is 8.78 Å². The van der Waals surface area contributed by atoms with E-state index < -0.39 is 11.6 Å². The van der Waals surface area contributed by atoms with Gasteiger partial charge in [0.2, 0.25) is 5.82 Å². The molecular weight excluding hydrogens is 326 g/mol. The molecule has 0 aliphatic carbocycles. The topological polar surface area (TPSA) is 9.23 Å². The van der Waals surface area contributed by atoms with Crippen LogP contribution in [0.5, 0.6) is 5.75 Å². The van der Waals surface area contributed by atoms with Crippen molar-refractivity contribution >= 4 is 15.9 Å². The third-order valence-electron chi connectivity index (χ3n) is 3.22. The van der Waals surface area contributed by atoms with Crippen LogP contribution in [0, 0.1) is 11.6 Å². The van der Waals surface area contributed by atoms with E-state index in [1.807, 2.05) is 0 Å². The molecule has 1 nitrogen and oxygen atoms in total. The average molecular weight is 349 g/mol. The molecule has 0 N–H and O–H groups in total. The van der Waals surface area contributed by atoms with Gasteiger partial charge in [0, 0.05) is 4.47 Å². The predicted molar refractivity (Wildman–Crippen MR) is 82.2 cm³/mol. The Hall–Kier alpha value is -0.640. The van der Waals surface area contributed by atoms with E-state index >= 15 is 0 Å². The smallest absolute Gasteiger partial charge is 0.200 e. The number of hydrogen-bond acceptors (Lipinski definition) is 1. The van der Waals surface area contributed by atoms with E-state index in [0.717, 1.165) is 18.9 Å². The second-order valence-corrected chi connectivity index (χ2v) is 5.94. The summed E-state index contributed by atoms with van der Waals surface area (Å²) in [7, 11) is 0. The number of hydrogen-bond donors (Lipinski definition) is 0. The summed E-state index contributed by atoms with van der Waals surface area (Å²) in [6, 6.07) is 2.56. The number of unbranched alkanes of at least 4 members (excludes halogenated alkanes) is 7. The lowest BCUT2D eigenvalue weighted by molar-refractivity contribution is 0.284. The zero-order valence-corrected chi connectivity index (χ0v) is 13.6. The van der Waals surface area contributed by atoms with Crippen molar-refractivity contribution in [3.05, 3.63) is 28.2 Å². The molecule has 0 spiro atoms. The van der Waals surface area contributed by atoms with Crippen molar-refractivity contribution in [2.75, 3.05) is 6.61 Å². The van der Waals surface area contributed by atoms with Crippen LogP contribution in [-0.2, 0) is 0 Å². The second-order valence-electron chi connectivity index (χ2n) is 5.02. The van der Waals surface area contributed by atoms with Gasteiger partial charge in [-0.3, -0.25) is 0 Å². The van der Waals surface area contributed by atoms with E-state index in [9.17, 15) is 8.78 Å². The molecule has 1 aromatic rings. The van der Waals surface area contributed by atoms with E-state index in [1.165, 1.54) is 44.6 Å². The van der Waals surface area contributed by atoms with Crippen molar-refractivity contribution in [3.63, 3.8) is 0 Å². The van der Waals surface area contributed by atoms with E-state index in [2.05, 4.69) is 22.9 Å². The fourth-order valence-corrected chi connectivity index (χ4v) is 2.46. The molecule has 0 saturated heterocycles. The van der Waals surface area contributed by atoms with Crippen LogP contribution in [0.25, 0.3) is 0 Å². The van der Waals surface area contributed by atoms with Gasteiger partial charge in [-0.1, -0.05) is 67.8 Å². The minimum atomic E-state index is -0.909. The van der Waals surface area contributed by atoms with Crippen LogP contribution >= 0.6 is 15.9 Å². The first kappa shape index (κ1) is 17.4. The summed E-state index contributed by atoms with van der Waals surface area (Å²) in [4.78, 5) is 0. The van der Waals surface area contributed by atoms with Gasteiger partial charge in [0.25, 0.3) is 0 Å². The van der Waals surface area contributed by atoms with Gasteiger partial charge in [-0.05, 0) is 18.6 Å². The lowest BCUT2D eigenvalue weighted by Gasteiger charge is -2.08. The molecule has 0 atom stereocenters. The molecule has 4 heteroatoms. The van der Waals surface area contributed by atoms with Crippen LogP contribution in [0.1, 0.15) is 58.3 Å². The summed E-state index contributed by atoms with van der Waals surface area (Å²) in [6.45, 7) is 2.64. The first-order valence-corrected chi connectivity index (χ1v) is 8.21. The zero-order valence-electron chi connectivity index (χ0n) is 12.1. The van der Waals surface area contributed by atoms with Gasteiger partial charge in [-0.25, -0.2) is 4.39 Å². The van der Waals surface area contributed by atoms with Crippen LogP contribution in [0.2, 0.25) is 0 Å². The molecule has 1 rings (SSSR count). The van der Waals surface area contributed by atoms with E-state index in [-0.39, 0.29) is 5.75 Å². The molecule has 0 aliphatic heterocycles. The lowest BCUT2D eigenvalue weighted by Crippen LogP contribution is -2.00. The number of benzene rings is 1. The third-order valence-corrected chi connectivity index (χ3v) is 3.67. The first-order valence-electron chi connectivity index (χ1n) is 7.42. The summed E-state index contributed by atoms with van der Waals surface area (Å²) in [6.07, 6.45) is 9.57. The van der Waals surface area contributed by atoms with Gasteiger partial charge >= 0.3 is 0 Å². The van der Waals surface area contributed by atoms with Gasteiger partial charge in [0.15, 0.2) is 11.6 Å². The molecule has 20 heavy (non-hydrogen) atoms. The van der Waals surface area contributed by atoms with Crippen molar-refractivity contribution in [1.29, 1.82) is 0 Å². The fraction of sp³-hybridized carbons (Fsp3) is 0.625. The zero-order chi connectivity index (χ0) is 14.8. The van der Waals surface area contributed by atoms with Crippen LogP contribution < -0.4 is 4.74 Å². The van der Waals surface area contributed by atoms with E-state index in [1.54, 1.807) is 0 Å². The summed E-state index contributed by atoms with van der Waals surface area (Å²) in [5.41, 5.74) is 0. The molecule has 0 fully saturated rings. The average Bonchev–Trinajstić information content (AvgIpc) is 2.42. The Kier molecular flexibility index (Phi) is 8.83. The molecule has 0 aromatic heterocycles. The molecule has 0 aliphatic rings. The van der Waals surface area contributed by atoms with Gasteiger partial charge in [-0.2, -0.15) is 4.39 Å². The molecular formula is C16H23BrF2O. The van der Waals surface area contributed by atoms with Gasteiger partial charge in [0.05, 0.1) is 6.61 Å². The van der Waals surface area contributed by atoms with Crippen molar-refractivity contribution in [3.8, 4) is 5.75 Å². The SMILES string of the molecule is CCCCCCCCCCOc1cc(Br)cc(F)c1F. The van der Waals surface area contributed by atoms with Crippen LogP contribution in [0.15, 0.2) is 16.6 Å². The van der Waals surface area contributed by atoms with E-state index in [4.69, 9.17) is 4.74 Å². The first-order chi connectivity index (χ1) is 9.65. The second kappa shape index (κ2) is 10.1. The Morgan fingerprint density at radius 2 is 1.55 bits per heavy atom. The maximum Gasteiger partial charge on any atom is 0.200 e. The summed E-state index contributed by atoms with van der Waals surface area (Å²) in [5.74, 6) is -1.81. The van der Waals surface area contributed by atoms with Gasteiger partial charge in [0.1, 0.15) is 0 Å².